The lowest BCUT2D eigenvalue weighted by atomic mass is 10.2. The van der Waals surface area contributed by atoms with Crippen molar-refractivity contribution in [2.24, 2.45) is 0 Å². The third-order valence-corrected chi connectivity index (χ3v) is 1.87. The smallest absolute Gasteiger partial charge is 0.171 e. The van der Waals surface area contributed by atoms with Gasteiger partial charge in [-0.3, -0.25) is 4.79 Å². The fourth-order valence-electron chi connectivity index (χ4n) is 1.29. The number of rotatable bonds is 2. The molecule has 0 bridgehead atoms. The Morgan fingerprint density at radius 3 is 2.92 bits per heavy atom. The summed E-state index contributed by atoms with van der Waals surface area (Å²) in [5.41, 5.74) is 1.20. The third-order valence-electron chi connectivity index (χ3n) is 1.87. The number of aromatic nitrogens is 2. The summed E-state index contributed by atoms with van der Waals surface area (Å²) in [6, 6.07) is 7.41. The number of carbonyl (C=O) groups is 1. The van der Waals surface area contributed by atoms with Crippen LogP contribution in [0.15, 0.2) is 24.3 Å². The average molecular weight is 176 g/mol. The molecule has 0 N–H and O–H groups in total. The van der Waals surface area contributed by atoms with E-state index in [4.69, 9.17) is 4.84 Å². The molecule has 0 saturated heterocycles. The summed E-state index contributed by atoms with van der Waals surface area (Å²) in [6.45, 7) is 0. The molecular formula is C9H8N2O2. The zero-order valence-electron chi connectivity index (χ0n) is 7.10. The van der Waals surface area contributed by atoms with Crippen LogP contribution in [0.25, 0.3) is 10.9 Å². The standard InChI is InChI=1S/C9H8N2O2/c1-13-11-9-5-3-2-4-7(9)8(6-12)10-11/h2-6H,1H3. The molecule has 2 rings (SSSR count). The van der Waals surface area contributed by atoms with E-state index in [-0.39, 0.29) is 0 Å². The molecular weight excluding hydrogens is 168 g/mol. The minimum absolute atomic E-state index is 0.400. The largest absolute Gasteiger partial charge is 0.399 e. The SMILES string of the molecule is COn1nc(C=O)c2ccccc21. The van der Waals surface area contributed by atoms with E-state index in [0.29, 0.717) is 5.69 Å². The van der Waals surface area contributed by atoms with Gasteiger partial charge in [0, 0.05) is 5.39 Å². The quantitative estimate of drug-likeness (QED) is 0.639. The Morgan fingerprint density at radius 1 is 1.46 bits per heavy atom. The second-order valence-electron chi connectivity index (χ2n) is 2.58. The molecule has 0 unspecified atom stereocenters. The molecule has 2 aromatic rings. The number of fused-ring (bicyclic) bond motifs is 1. The average Bonchev–Trinajstić information content (AvgIpc) is 2.56. The van der Waals surface area contributed by atoms with Gasteiger partial charge in [-0.15, -0.1) is 5.10 Å². The van der Waals surface area contributed by atoms with E-state index in [1.54, 1.807) is 0 Å². The molecule has 0 aliphatic rings. The molecule has 4 heteroatoms. The lowest BCUT2D eigenvalue weighted by molar-refractivity contribution is 0.110. The minimum atomic E-state index is 0.400. The van der Waals surface area contributed by atoms with Crippen molar-refractivity contribution in [3.05, 3.63) is 30.0 Å². The molecule has 1 heterocycles. The van der Waals surface area contributed by atoms with Gasteiger partial charge >= 0.3 is 0 Å². The van der Waals surface area contributed by atoms with Crippen molar-refractivity contribution in [3.8, 4) is 0 Å². The van der Waals surface area contributed by atoms with Crippen LogP contribution in [0.1, 0.15) is 10.5 Å². The predicted octanol–water partition coefficient (Wildman–Crippen LogP) is 0.907. The molecule has 13 heavy (non-hydrogen) atoms. The Morgan fingerprint density at radius 2 is 2.23 bits per heavy atom. The Hall–Kier alpha value is -1.84. The number of benzene rings is 1. The zero-order valence-corrected chi connectivity index (χ0v) is 7.10. The number of aldehydes is 1. The third kappa shape index (κ3) is 1.07. The van der Waals surface area contributed by atoms with Crippen molar-refractivity contribution in [1.29, 1.82) is 0 Å². The molecule has 0 spiro atoms. The van der Waals surface area contributed by atoms with E-state index < -0.39 is 0 Å². The molecule has 0 radical (unpaired) electrons. The fraction of sp³-hybridized carbons (Fsp3) is 0.111. The highest BCUT2D eigenvalue weighted by Crippen LogP contribution is 2.15. The summed E-state index contributed by atoms with van der Waals surface area (Å²) in [5, 5.41) is 4.76. The number of hydrogen-bond acceptors (Lipinski definition) is 3. The predicted molar refractivity (Wildman–Crippen MR) is 47.6 cm³/mol. The summed E-state index contributed by atoms with van der Waals surface area (Å²) >= 11 is 0. The van der Waals surface area contributed by atoms with Gasteiger partial charge in [0.1, 0.15) is 18.3 Å². The van der Waals surface area contributed by atoms with Crippen LogP contribution in [0, 0.1) is 0 Å². The molecule has 1 aromatic carbocycles. The Balaban J connectivity index is 2.81. The van der Waals surface area contributed by atoms with Crippen molar-refractivity contribution in [2.75, 3.05) is 7.11 Å². The van der Waals surface area contributed by atoms with Crippen molar-refractivity contribution in [3.63, 3.8) is 0 Å². The van der Waals surface area contributed by atoms with E-state index in [0.717, 1.165) is 17.2 Å². The Kier molecular flexibility index (Phi) is 1.73. The van der Waals surface area contributed by atoms with Crippen LogP contribution in [-0.2, 0) is 0 Å². The van der Waals surface area contributed by atoms with Gasteiger partial charge < -0.3 is 4.84 Å². The van der Waals surface area contributed by atoms with Crippen LogP contribution in [0.2, 0.25) is 0 Å². The maximum Gasteiger partial charge on any atom is 0.171 e. The maximum atomic E-state index is 10.6. The molecule has 0 saturated carbocycles. The van der Waals surface area contributed by atoms with Crippen molar-refractivity contribution in [2.45, 2.75) is 0 Å². The van der Waals surface area contributed by atoms with Crippen molar-refractivity contribution >= 4 is 17.2 Å². The van der Waals surface area contributed by atoms with Gasteiger partial charge in [0.15, 0.2) is 6.29 Å². The van der Waals surface area contributed by atoms with E-state index in [9.17, 15) is 4.79 Å². The van der Waals surface area contributed by atoms with Crippen LogP contribution in [0.3, 0.4) is 0 Å². The fourth-order valence-corrected chi connectivity index (χ4v) is 1.29. The first kappa shape index (κ1) is 7.79. The van der Waals surface area contributed by atoms with E-state index in [1.165, 1.54) is 12.0 Å². The van der Waals surface area contributed by atoms with Gasteiger partial charge in [0.05, 0.1) is 0 Å². The summed E-state index contributed by atoms with van der Waals surface area (Å²) in [4.78, 5) is 16.9. The second-order valence-corrected chi connectivity index (χ2v) is 2.58. The van der Waals surface area contributed by atoms with E-state index in [2.05, 4.69) is 5.10 Å². The first-order valence-electron chi connectivity index (χ1n) is 3.84. The number of carbonyl (C=O) groups excluding carboxylic acids is 1. The normalized spacial score (nSPS) is 10.2. The summed E-state index contributed by atoms with van der Waals surface area (Å²) in [5.74, 6) is 0. The molecule has 0 fully saturated rings. The first-order valence-corrected chi connectivity index (χ1v) is 3.84. The van der Waals surface area contributed by atoms with Crippen LogP contribution in [0.5, 0.6) is 0 Å². The van der Waals surface area contributed by atoms with Crippen LogP contribution in [-0.4, -0.2) is 23.3 Å². The molecule has 0 aliphatic heterocycles. The molecule has 0 amide bonds. The van der Waals surface area contributed by atoms with Crippen LogP contribution >= 0.6 is 0 Å². The number of hydrogen-bond donors (Lipinski definition) is 0. The Bertz CT molecular complexity index is 448. The van der Waals surface area contributed by atoms with E-state index >= 15 is 0 Å². The second kappa shape index (κ2) is 2.90. The lowest BCUT2D eigenvalue weighted by Gasteiger charge is -1.97. The van der Waals surface area contributed by atoms with Crippen LogP contribution in [0.4, 0.5) is 0 Å². The van der Waals surface area contributed by atoms with Gasteiger partial charge in [0.25, 0.3) is 0 Å². The first-order chi connectivity index (χ1) is 6.36. The van der Waals surface area contributed by atoms with Gasteiger partial charge in [0.2, 0.25) is 0 Å². The number of para-hydroxylation sites is 1. The van der Waals surface area contributed by atoms with Crippen molar-refractivity contribution < 1.29 is 9.63 Å². The van der Waals surface area contributed by atoms with Crippen LogP contribution < -0.4 is 4.84 Å². The van der Waals surface area contributed by atoms with Gasteiger partial charge in [-0.05, 0) is 6.07 Å². The molecule has 1 aromatic heterocycles. The molecule has 4 nitrogen and oxygen atoms in total. The monoisotopic (exact) mass is 176 g/mol. The lowest BCUT2D eigenvalue weighted by Crippen LogP contribution is -2.07. The van der Waals surface area contributed by atoms with E-state index in [1.807, 2.05) is 24.3 Å². The summed E-state index contributed by atoms with van der Waals surface area (Å²) < 4.78 is 0. The van der Waals surface area contributed by atoms with Gasteiger partial charge in [-0.25, -0.2) is 0 Å². The highest BCUT2D eigenvalue weighted by Gasteiger charge is 2.08. The molecule has 0 atom stereocenters. The molecule has 66 valence electrons. The molecule has 0 aliphatic carbocycles. The summed E-state index contributed by atoms with van der Waals surface area (Å²) in [7, 11) is 1.51. The maximum absolute atomic E-state index is 10.6. The topological polar surface area (TPSA) is 44.1 Å². The summed E-state index contributed by atoms with van der Waals surface area (Å²) in [6.07, 6.45) is 0.720. The van der Waals surface area contributed by atoms with Gasteiger partial charge in [-0.1, -0.05) is 23.0 Å². The highest BCUT2D eigenvalue weighted by atomic mass is 16.7. The minimum Gasteiger partial charge on any atom is -0.399 e. The van der Waals surface area contributed by atoms with Gasteiger partial charge in [-0.2, -0.15) is 0 Å². The highest BCUT2D eigenvalue weighted by molar-refractivity contribution is 5.94. The number of nitrogens with zero attached hydrogens (tertiary/aromatic N) is 2. The van der Waals surface area contributed by atoms with Crippen molar-refractivity contribution in [1.82, 2.24) is 9.94 Å². The zero-order chi connectivity index (χ0) is 9.26. The Labute approximate surface area is 74.7 Å².